The van der Waals surface area contributed by atoms with Gasteiger partial charge in [-0.05, 0) is 68.4 Å². The molecular weight excluding hydrogens is 446 g/mol. The van der Waals surface area contributed by atoms with Crippen LogP contribution in [0.1, 0.15) is 17.7 Å². The van der Waals surface area contributed by atoms with E-state index < -0.39 is 11.6 Å². The number of aromatic nitrogens is 1. The summed E-state index contributed by atoms with van der Waals surface area (Å²) < 4.78 is 30.1. The third-order valence-electron chi connectivity index (χ3n) is 6.89. The summed E-state index contributed by atoms with van der Waals surface area (Å²) in [4.78, 5) is 6.70. The molecule has 0 aliphatic carbocycles. The molecule has 0 bridgehead atoms. The molecule has 2 aromatic carbocycles. The van der Waals surface area contributed by atoms with E-state index in [0.717, 1.165) is 42.6 Å². The molecule has 0 N–H and O–H groups in total. The van der Waals surface area contributed by atoms with Crippen LogP contribution in [0.25, 0.3) is 11.1 Å². The van der Waals surface area contributed by atoms with E-state index in [0.29, 0.717) is 29.4 Å². The Morgan fingerprint density at radius 3 is 2.69 bits per heavy atom. The van der Waals surface area contributed by atoms with Crippen molar-refractivity contribution in [1.82, 2.24) is 9.47 Å². The van der Waals surface area contributed by atoms with Crippen LogP contribution < -0.4 is 9.80 Å². The van der Waals surface area contributed by atoms with Gasteiger partial charge in [-0.25, -0.2) is 8.78 Å². The molecule has 8 heteroatoms. The van der Waals surface area contributed by atoms with E-state index in [1.807, 2.05) is 28.8 Å². The molecule has 3 heterocycles. The zero-order valence-corrected chi connectivity index (χ0v) is 20.4. The average Bonchev–Trinajstić information content (AvgIpc) is 3.41. The van der Waals surface area contributed by atoms with Gasteiger partial charge in [0.2, 0.25) is 0 Å². The molecule has 0 radical (unpaired) electrons. The Bertz CT molecular complexity index is 1290. The number of nitrogens with zero attached hydrogens (tertiary/aromatic N) is 6. The maximum atomic E-state index is 14.6. The van der Waals surface area contributed by atoms with Gasteiger partial charge in [0.15, 0.2) is 5.84 Å². The topological polar surface area (TPSA) is 39.4 Å². The number of anilines is 2. The highest BCUT2D eigenvalue weighted by Gasteiger charge is 2.27. The minimum atomic E-state index is -0.596. The average molecular weight is 477 g/mol. The number of benzene rings is 2. The summed E-state index contributed by atoms with van der Waals surface area (Å²) in [6.45, 7) is 7.32. The molecule has 0 saturated carbocycles. The summed E-state index contributed by atoms with van der Waals surface area (Å²) in [6.07, 6.45) is 3.08. The van der Waals surface area contributed by atoms with Crippen molar-refractivity contribution in [1.29, 1.82) is 0 Å². The van der Waals surface area contributed by atoms with Crippen molar-refractivity contribution in [2.45, 2.75) is 13.0 Å². The van der Waals surface area contributed by atoms with Crippen LogP contribution in [-0.2, 0) is 6.54 Å². The lowest BCUT2D eigenvalue weighted by molar-refractivity contribution is 0.340. The van der Waals surface area contributed by atoms with Gasteiger partial charge in [-0.2, -0.15) is 5.10 Å². The minimum absolute atomic E-state index is 0.346. The molecule has 35 heavy (non-hydrogen) atoms. The van der Waals surface area contributed by atoms with Crippen molar-refractivity contribution in [3.63, 3.8) is 0 Å². The highest BCUT2D eigenvalue weighted by molar-refractivity contribution is 6.10. The zero-order valence-electron chi connectivity index (χ0n) is 20.4. The molecular formula is C27H30F2N6. The lowest BCUT2D eigenvalue weighted by Crippen LogP contribution is -2.28. The monoisotopic (exact) mass is 476 g/mol. The molecule has 0 amide bonds. The normalized spacial score (nSPS) is 18.7. The first-order valence-electron chi connectivity index (χ1n) is 11.8. The Morgan fingerprint density at radius 2 is 1.94 bits per heavy atom. The van der Waals surface area contributed by atoms with Crippen LogP contribution >= 0.6 is 0 Å². The first-order chi connectivity index (χ1) is 16.8. The van der Waals surface area contributed by atoms with E-state index in [2.05, 4.69) is 59.0 Å². The molecule has 5 rings (SSSR count). The second kappa shape index (κ2) is 9.26. The van der Waals surface area contributed by atoms with E-state index in [4.69, 9.17) is 0 Å². The lowest BCUT2D eigenvalue weighted by Gasteiger charge is -2.24. The number of fused-ring (bicyclic) bond motifs is 2. The minimum Gasteiger partial charge on any atom is -0.371 e. The van der Waals surface area contributed by atoms with Crippen LogP contribution in [0.15, 0.2) is 58.9 Å². The van der Waals surface area contributed by atoms with Gasteiger partial charge in [-0.1, -0.05) is 0 Å². The number of rotatable bonds is 5. The number of amidine groups is 1. The third kappa shape index (κ3) is 4.46. The molecule has 2 aliphatic heterocycles. The Kier molecular flexibility index (Phi) is 6.15. The molecule has 1 fully saturated rings. The number of hydrogen-bond donors (Lipinski definition) is 0. The van der Waals surface area contributed by atoms with Gasteiger partial charge in [-0.3, -0.25) is 0 Å². The van der Waals surface area contributed by atoms with Gasteiger partial charge in [0.25, 0.3) is 0 Å². The highest BCUT2D eigenvalue weighted by Crippen LogP contribution is 2.35. The predicted molar refractivity (Wildman–Crippen MR) is 139 cm³/mol. The van der Waals surface area contributed by atoms with Gasteiger partial charge in [-0.15, -0.1) is 5.10 Å². The van der Waals surface area contributed by atoms with E-state index in [1.165, 1.54) is 24.2 Å². The molecule has 0 spiro atoms. The smallest absolute Gasteiger partial charge is 0.179 e. The fourth-order valence-corrected chi connectivity index (χ4v) is 5.31. The summed E-state index contributed by atoms with van der Waals surface area (Å²) in [5.41, 5.74) is 5.19. The van der Waals surface area contributed by atoms with Crippen LogP contribution in [0.3, 0.4) is 0 Å². The maximum absolute atomic E-state index is 14.6. The van der Waals surface area contributed by atoms with Crippen LogP contribution in [0.2, 0.25) is 0 Å². The second-order valence-electron chi connectivity index (χ2n) is 9.67. The predicted octanol–water partition coefficient (Wildman–Crippen LogP) is 4.68. The van der Waals surface area contributed by atoms with Crippen LogP contribution in [-0.4, -0.2) is 62.8 Å². The van der Waals surface area contributed by atoms with Crippen molar-refractivity contribution in [3.8, 4) is 11.1 Å². The molecule has 6 nitrogen and oxygen atoms in total. The first-order valence-corrected chi connectivity index (χ1v) is 11.8. The lowest BCUT2D eigenvalue weighted by atomic mass is 10.1. The van der Waals surface area contributed by atoms with E-state index >= 15 is 0 Å². The summed E-state index contributed by atoms with van der Waals surface area (Å²) in [7, 11) is 6.20. The second-order valence-corrected chi connectivity index (χ2v) is 9.67. The van der Waals surface area contributed by atoms with Gasteiger partial charge in [0.05, 0.1) is 5.69 Å². The molecule has 182 valence electrons. The van der Waals surface area contributed by atoms with Crippen molar-refractivity contribution >= 4 is 23.9 Å². The third-order valence-corrected chi connectivity index (χ3v) is 6.89. The van der Waals surface area contributed by atoms with Gasteiger partial charge < -0.3 is 19.3 Å². The molecule has 1 aromatic heterocycles. The Balaban J connectivity index is 1.53. The summed E-state index contributed by atoms with van der Waals surface area (Å²) in [6, 6.07) is 12.1. The van der Waals surface area contributed by atoms with Crippen molar-refractivity contribution in [2.24, 2.45) is 16.1 Å². The van der Waals surface area contributed by atoms with E-state index in [1.54, 1.807) is 0 Å². The largest absolute Gasteiger partial charge is 0.371 e. The fraction of sp³-hybridized carbons (Fsp3) is 0.333. The molecule has 2 aliphatic rings. The summed E-state index contributed by atoms with van der Waals surface area (Å²) in [5, 5.41) is 8.11. The van der Waals surface area contributed by atoms with Gasteiger partial charge in [0, 0.05) is 74.7 Å². The molecule has 3 aromatic rings. The highest BCUT2D eigenvalue weighted by atomic mass is 19.1. The SMILES string of the molecule is C=N/N=C1/c2cc(-c3ccc(F)cc3F)cn2Cc2cc(N3CC[C@@H](CN(C)C)C3)ccc2N1C. The maximum Gasteiger partial charge on any atom is 0.179 e. The molecule has 0 unspecified atom stereocenters. The van der Waals surface area contributed by atoms with Crippen molar-refractivity contribution < 1.29 is 8.78 Å². The summed E-state index contributed by atoms with van der Waals surface area (Å²) >= 11 is 0. The van der Waals surface area contributed by atoms with Crippen molar-refractivity contribution in [2.75, 3.05) is 50.6 Å². The van der Waals surface area contributed by atoms with E-state index in [9.17, 15) is 8.78 Å². The Morgan fingerprint density at radius 1 is 1.11 bits per heavy atom. The fourth-order valence-electron chi connectivity index (χ4n) is 5.31. The van der Waals surface area contributed by atoms with Crippen LogP contribution in [0.5, 0.6) is 0 Å². The molecule has 1 saturated heterocycles. The van der Waals surface area contributed by atoms with Crippen LogP contribution in [0.4, 0.5) is 20.2 Å². The Hall–Kier alpha value is -3.52. The van der Waals surface area contributed by atoms with Gasteiger partial charge >= 0.3 is 0 Å². The van der Waals surface area contributed by atoms with Gasteiger partial charge in [0.1, 0.15) is 11.6 Å². The number of hydrogen-bond acceptors (Lipinski definition) is 4. The van der Waals surface area contributed by atoms with Crippen LogP contribution in [0, 0.1) is 17.6 Å². The zero-order chi connectivity index (χ0) is 24.7. The molecule has 1 atom stereocenters. The number of halogens is 2. The standard InChI is InChI=1S/C27H30F2N6/c1-30-31-27-26-12-19(23-7-5-21(28)13-24(23)29)16-35(26)17-20-11-22(6-8-25(20)33(27)4)34-10-9-18(15-34)14-32(2)3/h5-8,11-13,16,18H,1,9-10,14-15,17H2,2-4H3/b31-27-/t18-/m0/s1. The van der Waals surface area contributed by atoms with Crippen molar-refractivity contribution in [3.05, 3.63) is 71.6 Å². The quantitative estimate of drug-likeness (QED) is 0.397. The first kappa shape index (κ1) is 23.2. The van der Waals surface area contributed by atoms with E-state index in [-0.39, 0.29) is 0 Å². The summed E-state index contributed by atoms with van der Waals surface area (Å²) in [5.74, 6) is 0.0880. The Labute approximate surface area is 204 Å².